The topological polar surface area (TPSA) is 412 Å². The molecule has 3 heterocycles. The fourth-order valence-corrected chi connectivity index (χ4v) is 6.57. The highest BCUT2D eigenvalue weighted by molar-refractivity contribution is 5.97. The largest absolute Gasteiger partial charge is 0.481 e. The summed E-state index contributed by atoms with van der Waals surface area (Å²) in [5.74, 6) is -9.87. The van der Waals surface area contributed by atoms with Crippen molar-refractivity contribution in [2.24, 2.45) is 11.5 Å². The lowest BCUT2D eigenvalue weighted by Crippen LogP contribution is -2.58. The third-order valence-corrected chi connectivity index (χ3v) is 9.95. The van der Waals surface area contributed by atoms with E-state index in [1.165, 1.54) is 25.0 Å². The molecule has 65 heavy (non-hydrogen) atoms. The van der Waals surface area contributed by atoms with Crippen LogP contribution in [-0.4, -0.2) is 143 Å². The molecular weight excluding hydrogens is 855 g/mol. The van der Waals surface area contributed by atoms with Gasteiger partial charge in [-0.1, -0.05) is 18.2 Å². The van der Waals surface area contributed by atoms with Crippen LogP contribution in [0.25, 0.3) is 10.9 Å². The molecule has 0 aliphatic carbocycles. The third-order valence-electron chi connectivity index (χ3n) is 9.95. The molecule has 0 radical (unpaired) electrons. The Kier molecular flexibility index (Phi) is 19.1. The number of fused-ring (bicyclic) bond motifs is 1. The number of aliphatic carboxylic acids is 3. The average molecular weight is 908 g/mol. The van der Waals surface area contributed by atoms with Crippen molar-refractivity contribution in [3.05, 3.63) is 72.5 Å². The molecule has 0 aliphatic rings. The van der Waals surface area contributed by atoms with Crippen LogP contribution in [-0.2, 0) is 62.4 Å². The molecule has 4 rings (SSSR count). The molecule has 0 fully saturated rings. The number of amides is 6. The van der Waals surface area contributed by atoms with Gasteiger partial charge in [-0.2, -0.15) is 0 Å². The Morgan fingerprint density at radius 3 is 1.86 bits per heavy atom. The number of nitrogens with one attached hydrogen (secondary N) is 9. The summed E-state index contributed by atoms with van der Waals surface area (Å²) >= 11 is 0. The van der Waals surface area contributed by atoms with Crippen molar-refractivity contribution in [3.8, 4) is 0 Å². The lowest BCUT2D eigenvalue weighted by Gasteiger charge is -2.25. The van der Waals surface area contributed by atoms with E-state index < -0.39 is 115 Å². The van der Waals surface area contributed by atoms with E-state index in [9.17, 15) is 58.5 Å². The SMILES string of the molecule is NCCCC[C@H](NC(=O)[C@H](CCC(=O)O)NC(=O)[C@H](Cc1c[nH]cn1)NC(=O)CNC(=O)[C@H](Cc1c[nH]c2ccccc12)NC(=O)[C@H](CC(=O)O)NC(=O)[C@@H](N)Cc1c[nH]cn1)C(=O)O. The number of para-hydroxylation sites is 1. The molecule has 350 valence electrons. The lowest BCUT2D eigenvalue weighted by molar-refractivity contribution is -0.143. The fourth-order valence-electron chi connectivity index (χ4n) is 6.57. The second-order valence-electron chi connectivity index (χ2n) is 14.9. The summed E-state index contributed by atoms with van der Waals surface area (Å²) < 4.78 is 0. The predicted octanol–water partition coefficient (Wildman–Crippen LogP) is -2.94. The van der Waals surface area contributed by atoms with E-state index in [4.69, 9.17) is 11.5 Å². The van der Waals surface area contributed by atoms with Crippen LogP contribution in [0, 0.1) is 0 Å². The second kappa shape index (κ2) is 24.8. The Hall–Kier alpha value is -7.67. The standard InChI is InChI=1S/C40H53N13O12/c41-10-4-3-7-28(40(64)65)51-37(61)27(8-9-33(55)56)50-38(62)30(13-23-17-44-20-48-23)49-32(54)18-46-36(60)29(11-21-15-45-26-6-2-1-5-24(21)26)53-39(63)31(14-34(57)58)52-35(59)25(42)12-22-16-43-19-47-22/h1-2,5-6,15-17,19-20,25,27-31,45H,3-4,7-14,18,41-42H2,(H,43,47)(H,44,48)(H,46,60)(H,49,54)(H,50,62)(H,51,61)(H,52,59)(H,53,63)(H,55,56)(H,57,58)(H,64,65)/t25-,27-,28-,29-,30-,31-/m0/s1. The number of carboxylic acid groups (broad SMARTS) is 3. The first-order valence-electron chi connectivity index (χ1n) is 20.4. The molecule has 25 nitrogen and oxygen atoms in total. The minimum absolute atomic E-state index is 0.00908. The van der Waals surface area contributed by atoms with Gasteiger partial charge in [0.1, 0.15) is 30.2 Å². The van der Waals surface area contributed by atoms with Gasteiger partial charge < -0.3 is 73.6 Å². The lowest BCUT2D eigenvalue weighted by atomic mass is 10.0. The average Bonchev–Trinajstić information content (AvgIpc) is 4.06. The summed E-state index contributed by atoms with van der Waals surface area (Å²) in [6.07, 6.45) is 5.63. The number of benzene rings is 1. The summed E-state index contributed by atoms with van der Waals surface area (Å²) in [6, 6.07) is -1.74. The van der Waals surface area contributed by atoms with Crippen LogP contribution in [0.15, 0.2) is 55.5 Å². The van der Waals surface area contributed by atoms with Crippen molar-refractivity contribution in [2.75, 3.05) is 13.1 Å². The van der Waals surface area contributed by atoms with E-state index in [1.54, 1.807) is 30.5 Å². The normalized spacial score (nSPS) is 13.8. The van der Waals surface area contributed by atoms with Crippen LogP contribution < -0.4 is 43.4 Å². The molecule has 6 atom stereocenters. The summed E-state index contributed by atoms with van der Waals surface area (Å²) in [6.45, 7) is -0.500. The van der Waals surface area contributed by atoms with Gasteiger partial charge >= 0.3 is 17.9 Å². The molecule has 0 unspecified atom stereocenters. The summed E-state index contributed by atoms with van der Waals surface area (Å²) in [5, 5.41) is 43.7. The Morgan fingerprint density at radius 1 is 0.631 bits per heavy atom. The number of rotatable bonds is 28. The van der Waals surface area contributed by atoms with Gasteiger partial charge in [0, 0.05) is 55.2 Å². The molecule has 1 aromatic carbocycles. The first kappa shape index (κ1) is 50.0. The number of carboxylic acids is 3. The molecule has 4 aromatic rings. The molecule has 6 amide bonds. The molecular formula is C40H53N13O12. The van der Waals surface area contributed by atoms with Crippen LogP contribution in [0.1, 0.15) is 55.5 Å². The molecule has 3 aromatic heterocycles. The van der Waals surface area contributed by atoms with Gasteiger partial charge in [-0.15, -0.1) is 0 Å². The van der Waals surface area contributed by atoms with Gasteiger partial charge in [0.15, 0.2) is 0 Å². The number of aromatic nitrogens is 5. The maximum absolute atomic E-state index is 13.9. The van der Waals surface area contributed by atoms with Gasteiger partial charge in [-0.3, -0.25) is 38.4 Å². The first-order valence-corrected chi connectivity index (χ1v) is 20.4. The highest BCUT2D eigenvalue weighted by Crippen LogP contribution is 2.19. The number of imidazole rings is 2. The zero-order valence-corrected chi connectivity index (χ0v) is 35.0. The van der Waals surface area contributed by atoms with E-state index in [2.05, 4.69) is 56.8 Å². The molecule has 0 bridgehead atoms. The van der Waals surface area contributed by atoms with Gasteiger partial charge in [-0.05, 0) is 43.9 Å². The molecule has 0 spiro atoms. The predicted molar refractivity (Wildman–Crippen MR) is 227 cm³/mol. The maximum Gasteiger partial charge on any atom is 0.326 e. The summed E-state index contributed by atoms with van der Waals surface area (Å²) in [4.78, 5) is 133. The number of unbranched alkanes of at least 4 members (excludes halogenated alkanes) is 1. The van der Waals surface area contributed by atoms with Crippen molar-refractivity contribution in [2.45, 2.75) is 94.0 Å². The molecule has 0 saturated carbocycles. The van der Waals surface area contributed by atoms with E-state index in [1.807, 2.05) is 0 Å². The number of H-pyrrole nitrogens is 3. The highest BCUT2D eigenvalue weighted by atomic mass is 16.4. The van der Waals surface area contributed by atoms with Crippen molar-refractivity contribution in [1.29, 1.82) is 0 Å². The zero-order valence-electron chi connectivity index (χ0n) is 35.0. The Labute approximate surface area is 370 Å². The number of aromatic amines is 3. The van der Waals surface area contributed by atoms with Crippen molar-refractivity contribution in [1.82, 2.24) is 56.8 Å². The van der Waals surface area contributed by atoms with E-state index >= 15 is 0 Å². The van der Waals surface area contributed by atoms with Gasteiger partial charge in [-0.25, -0.2) is 14.8 Å². The molecule has 0 aliphatic heterocycles. The van der Waals surface area contributed by atoms with Gasteiger partial charge in [0.05, 0.1) is 43.0 Å². The maximum atomic E-state index is 13.9. The second-order valence-corrected chi connectivity index (χ2v) is 14.9. The van der Waals surface area contributed by atoms with E-state index in [0.717, 1.165) is 0 Å². The summed E-state index contributed by atoms with van der Waals surface area (Å²) in [5.41, 5.74) is 13.5. The number of hydrogen-bond donors (Lipinski definition) is 14. The van der Waals surface area contributed by atoms with Crippen molar-refractivity contribution in [3.63, 3.8) is 0 Å². The zero-order chi connectivity index (χ0) is 47.5. The van der Waals surface area contributed by atoms with E-state index in [-0.39, 0.29) is 37.9 Å². The number of carbonyl (C=O) groups is 9. The Balaban J connectivity index is 1.50. The van der Waals surface area contributed by atoms with Crippen LogP contribution >= 0.6 is 0 Å². The molecule has 16 N–H and O–H groups in total. The minimum Gasteiger partial charge on any atom is -0.481 e. The summed E-state index contributed by atoms with van der Waals surface area (Å²) in [7, 11) is 0. The first-order chi connectivity index (χ1) is 31.0. The van der Waals surface area contributed by atoms with Gasteiger partial charge in [0.25, 0.3) is 0 Å². The quantitative estimate of drug-likeness (QED) is 0.0254. The highest BCUT2D eigenvalue weighted by Gasteiger charge is 2.33. The molecule has 0 saturated heterocycles. The van der Waals surface area contributed by atoms with Crippen molar-refractivity contribution < 1.29 is 58.5 Å². The smallest absolute Gasteiger partial charge is 0.326 e. The monoisotopic (exact) mass is 907 g/mol. The minimum atomic E-state index is -1.69. The fraction of sp³-hybridized carbons (Fsp3) is 0.425. The number of nitrogens with zero attached hydrogens (tertiary/aromatic N) is 2. The van der Waals surface area contributed by atoms with Crippen LogP contribution in [0.5, 0.6) is 0 Å². The van der Waals surface area contributed by atoms with E-state index in [0.29, 0.717) is 35.0 Å². The van der Waals surface area contributed by atoms with Crippen molar-refractivity contribution >= 4 is 64.3 Å². The Morgan fingerprint density at radius 2 is 1.23 bits per heavy atom. The molecule has 25 heteroatoms. The number of nitrogens with two attached hydrogens (primary N) is 2. The third kappa shape index (κ3) is 16.2. The Bertz CT molecular complexity index is 2260. The van der Waals surface area contributed by atoms with Gasteiger partial charge in [0.2, 0.25) is 35.4 Å². The van der Waals surface area contributed by atoms with Crippen LogP contribution in [0.4, 0.5) is 0 Å². The van der Waals surface area contributed by atoms with Crippen LogP contribution in [0.2, 0.25) is 0 Å². The number of carbonyl (C=O) groups excluding carboxylic acids is 6. The van der Waals surface area contributed by atoms with Crippen LogP contribution in [0.3, 0.4) is 0 Å². The number of hydrogen-bond acceptors (Lipinski definition) is 13.